The number of aromatic nitrogens is 1. The van der Waals surface area contributed by atoms with E-state index >= 15 is 0 Å². The fourth-order valence-electron chi connectivity index (χ4n) is 3.60. The number of hydrogen-bond acceptors (Lipinski definition) is 5. The number of alkyl halides is 3. The van der Waals surface area contributed by atoms with Gasteiger partial charge in [0.2, 0.25) is 0 Å². The van der Waals surface area contributed by atoms with Gasteiger partial charge in [-0.1, -0.05) is 17.7 Å². The van der Waals surface area contributed by atoms with E-state index in [4.69, 9.17) is 11.6 Å². The summed E-state index contributed by atoms with van der Waals surface area (Å²) < 4.78 is 37.7. The van der Waals surface area contributed by atoms with E-state index in [1.165, 1.54) is 41.4 Å². The summed E-state index contributed by atoms with van der Waals surface area (Å²) in [6, 6.07) is 13.2. The average Bonchev–Trinajstić information content (AvgIpc) is 3.02. The molecule has 1 aliphatic rings. The minimum Gasteiger partial charge on any atom is -0.308 e. The van der Waals surface area contributed by atoms with Gasteiger partial charge in [0.05, 0.1) is 5.69 Å². The third-order valence-electron chi connectivity index (χ3n) is 5.32. The van der Waals surface area contributed by atoms with E-state index in [1.807, 2.05) is 0 Å². The van der Waals surface area contributed by atoms with Gasteiger partial charge < -0.3 is 10.2 Å². The molecule has 1 atom stereocenters. The molecule has 1 fully saturated rings. The van der Waals surface area contributed by atoms with Crippen molar-refractivity contribution in [3.8, 4) is 0 Å². The first-order valence-electron chi connectivity index (χ1n) is 10.5. The number of hydrogen-bond donors (Lipinski definition) is 1. The van der Waals surface area contributed by atoms with Crippen LogP contribution in [0.4, 0.5) is 29.5 Å². The summed E-state index contributed by atoms with van der Waals surface area (Å²) in [6.07, 6.45) is 1.46. The van der Waals surface area contributed by atoms with E-state index in [-0.39, 0.29) is 34.7 Å². The Bertz CT molecular complexity index is 1320. The Morgan fingerprint density at radius 1 is 1.11 bits per heavy atom. The molecule has 7 nitrogen and oxygen atoms in total. The second-order valence-electron chi connectivity index (χ2n) is 7.82. The van der Waals surface area contributed by atoms with Gasteiger partial charge >= 0.3 is 11.5 Å². The summed E-state index contributed by atoms with van der Waals surface area (Å²) in [6.45, 7) is 1.62. The molecule has 186 valence electrons. The van der Waals surface area contributed by atoms with Gasteiger partial charge in [-0.05, 0) is 78.8 Å². The molecule has 12 heteroatoms. The Morgan fingerprint density at radius 3 is 2.50 bits per heavy atom. The average molecular weight is 535 g/mol. The topological polar surface area (TPSA) is 82.6 Å². The summed E-state index contributed by atoms with van der Waals surface area (Å²) >= 11 is 5.65. The lowest BCUT2D eigenvalue weighted by atomic mass is 10.2. The van der Waals surface area contributed by atoms with E-state index < -0.39 is 29.4 Å². The van der Waals surface area contributed by atoms with E-state index in [9.17, 15) is 27.6 Å². The lowest BCUT2D eigenvalue weighted by Crippen LogP contribution is -2.33. The number of thioether (sulfide) groups is 1. The van der Waals surface area contributed by atoms with Gasteiger partial charge in [0.1, 0.15) is 11.9 Å². The van der Waals surface area contributed by atoms with Crippen LogP contribution in [0.2, 0.25) is 5.02 Å². The van der Waals surface area contributed by atoms with Crippen LogP contribution < -0.4 is 10.2 Å². The summed E-state index contributed by atoms with van der Waals surface area (Å²) in [7, 11) is 0. The van der Waals surface area contributed by atoms with Crippen LogP contribution in [0.15, 0.2) is 71.8 Å². The Kier molecular flexibility index (Phi) is 7.23. The predicted molar refractivity (Wildman–Crippen MR) is 130 cm³/mol. The zero-order chi connectivity index (χ0) is 26.0. The zero-order valence-corrected chi connectivity index (χ0v) is 20.2. The van der Waals surface area contributed by atoms with Gasteiger partial charge in [0.25, 0.3) is 11.8 Å². The SMILES string of the molecule is CC1C(=O)N(c2ccc(SC(F)(F)F)cc2)C(=O)N1Cc1ccnc(NC(=O)c2cccc(Cl)c2)c1. The molecule has 1 aromatic heterocycles. The number of carbonyl (C=O) groups is 3. The van der Waals surface area contributed by atoms with Gasteiger partial charge in [0, 0.05) is 28.2 Å². The molecule has 2 aromatic carbocycles. The highest BCUT2D eigenvalue weighted by molar-refractivity contribution is 8.00. The quantitative estimate of drug-likeness (QED) is 0.312. The molecule has 3 aromatic rings. The van der Waals surface area contributed by atoms with Gasteiger partial charge in [-0.15, -0.1) is 0 Å². The fraction of sp³-hybridized carbons (Fsp3) is 0.167. The van der Waals surface area contributed by atoms with Crippen LogP contribution in [0.1, 0.15) is 22.8 Å². The first-order chi connectivity index (χ1) is 17.0. The maximum absolute atomic E-state index is 13.1. The number of nitrogens with one attached hydrogen (secondary N) is 1. The van der Waals surface area contributed by atoms with Crippen LogP contribution in [-0.4, -0.2) is 39.3 Å². The normalized spacial score (nSPS) is 16.0. The van der Waals surface area contributed by atoms with Crippen molar-refractivity contribution in [1.29, 1.82) is 0 Å². The Hall–Kier alpha value is -3.57. The van der Waals surface area contributed by atoms with E-state index in [1.54, 1.807) is 37.3 Å². The molecule has 0 radical (unpaired) electrons. The number of benzene rings is 2. The summed E-state index contributed by atoms with van der Waals surface area (Å²) in [4.78, 5) is 44.7. The van der Waals surface area contributed by atoms with E-state index in [2.05, 4.69) is 10.3 Å². The lowest BCUT2D eigenvalue weighted by molar-refractivity contribution is -0.119. The van der Waals surface area contributed by atoms with E-state index in [0.29, 0.717) is 16.1 Å². The molecule has 1 unspecified atom stereocenters. The smallest absolute Gasteiger partial charge is 0.308 e. The van der Waals surface area contributed by atoms with Crippen LogP contribution in [0, 0.1) is 0 Å². The molecular formula is C24H18ClF3N4O3S. The first kappa shape index (κ1) is 25.5. The summed E-state index contributed by atoms with van der Waals surface area (Å²) in [5.41, 5.74) is -3.31. The molecule has 0 bridgehead atoms. The highest BCUT2D eigenvalue weighted by Gasteiger charge is 2.43. The molecule has 0 aliphatic carbocycles. The third-order valence-corrected chi connectivity index (χ3v) is 6.29. The number of urea groups is 1. The Labute approximate surface area is 213 Å². The highest BCUT2D eigenvalue weighted by atomic mass is 35.5. The van der Waals surface area contributed by atoms with Crippen LogP contribution in [0.5, 0.6) is 0 Å². The van der Waals surface area contributed by atoms with Gasteiger partial charge in [-0.2, -0.15) is 13.2 Å². The van der Waals surface area contributed by atoms with Crippen molar-refractivity contribution in [3.63, 3.8) is 0 Å². The van der Waals surface area contributed by atoms with Gasteiger partial charge in [-0.25, -0.2) is 14.7 Å². The number of imide groups is 1. The second-order valence-corrected chi connectivity index (χ2v) is 9.39. The number of anilines is 2. The van der Waals surface area contributed by atoms with Gasteiger partial charge in [0.15, 0.2) is 0 Å². The fourth-order valence-corrected chi connectivity index (χ4v) is 4.33. The lowest BCUT2D eigenvalue weighted by Gasteiger charge is -2.20. The van der Waals surface area contributed by atoms with Crippen LogP contribution in [0.3, 0.4) is 0 Å². The summed E-state index contributed by atoms with van der Waals surface area (Å²) in [5.74, 6) is -0.668. The van der Waals surface area contributed by atoms with E-state index in [0.717, 1.165) is 4.90 Å². The van der Waals surface area contributed by atoms with Crippen LogP contribution in [-0.2, 0) is 11.3 Å². The van der Waals surface area contributed by atoms with Crippen LogP contribution >= 0.6 is 23.4 Å². The van der Waals surface area contributed by atoms with Crippen molar-refractivity contribution in [2.45, 2.75) is 29.9 Å². The maximum Gasteiger partial charge on any atom is 0.446 e. The minimum atomic E-state index is -4.44. The van der Waals surface area contributed by atoms with Crippen molar-refractivity contribution >= 4 is 52.7 Å². The molecular weight excluding hydrogens is 517 g/mol. The molecule has 1 N–H and O–H groups in total. The highest BCUT2D eigenvalue weighted by Crippen LogP contribution is 2.38. The number of rotatable bonds is 6. The van der Waals surface area contributed by atoms with Crippen molar-refractivity contribution in [2.24, 2.45) is 0 Å². The second kappa shape index (κ2) is 10.2. The number of nitrogens with zero attached hydrogens (tertiary/aromatic N) is 3. The summed E-state index contributed by atoms with van der Waals surface area (Å²) in [5, 5.41) is 3.08. The third kappa shape index (κ3) is 5.80. The maximum atomic E-state index is 13.1. The van der Waals surface area contributed by atoms with Crippen molar-refractivity contribution in [3.05, 3.63) is 83.0 Å². The largest absolute Gasteiger partial charge is 0.446 e. The number of pyridine rings is 1. The molecule has 4 amide bonds. The molecule has 0 spiro atoms. The first-order valence-corrected chi connectivity index (χ1v) is 11.7. The van der Waals surface area contributed by atoms with Crippen molar-refractivity contribution < 1.29 is 27.6 Å². The zero-order valence-electron chi connectivity index (χ0n) is 18.6. The Morgan fingerprint density at radius 2 is 1.83 bits per heavy atom. The number of halogens is 4. The van der Waals surface area contributed by atoms with Crippen molar-refractivity contribution in [1.82, 2.24) is 9.88 Å². The monoisotopic (exact) mass is 534 g/mol. The molecule has 1 aliphatic heterocycles. The molecule has 36 heavy (non-hydrogen) atoms. The Balaban J connectivity index is 1.47. The molecule has 0 saturated carbocycles. The molecule has 4 rings (SSSR count). The molecule has 1 saturated heterocycles. The minimum absolute atomic E-state index is 0.0484. The van der Waals surface area contributed by atoms with Crippen molar-refractivity contribution in [2.75, 3.05) is 10.2 Å². The standard InChI is InChI=1S/C24H18ClF3N4O3S/c1-14-22(34)32(18-5-7-19(8-6-18)36-24(26,27)28)23(35)31(14)13-15-9-10-29-20(11-15)30-21(33)16-3-2-4-17(25)12-16/h2-12,14H,13H2,1H3,(H,29,30,33). The molecule has 2 heterocycles. The van der Waals surface area contributed by atoms with Gasteiger partial charge in [-0.3, -0.25) is 9.59 Å². The predicted octanol–water partition coefficient (Wildman–Crippen LogP) is 5.96. The van der Waals surface area contributed by atoms with Crippen LogP contribution in [0.25, 0.3) is 0 Å². The number of amides is 4. The number of carbonyl (C=O) groups excluding carboxylic acids is 3.